The summed E-state index contributed by atoms with van der Waals surface area (Å²) >= 11 is 5.85. The molecule has 116 valence electrons. The second-order valence-corrected chi connectivity index (χ2v) is 4.96. The number of amides is 1. The lowest BCUT2D eigenvalue weighted by atomic mass is 10.2. The maximum atomic E-state index is 11.9. The topological polar surface area (TPSA) is 47.6 Å². The van der Waals surface area contributed by atoms with Crippen LogP contribution in [0.1, 0.15) is 17.3 Å². The molecule has 5 heteroatoms. The third-order valence-corrected chi connectivity index (χ3v) is 3.09. The third kappa shape index (κ3) is 4.97. The quantitative estimate of drug-likeness (QED) is 0.794. The first kappa shape index (κ1) is 16.2. The van der Waals surface area contributed by atoms with E-state index >= 15 is 0 Å². The number of carbonyl (C=O) groups excluding carboxylic acids is 1. The summed E-state index contributed by atoms with van der Waals surface area (Å²) in [4.78, 5) is 11.9. The van der Waals surface area contributed by atoms with Gasteiger partial charge >= 0.3 is 0 Å². The van der Waals surface area contributed by atoms with Crippen LogP contribution in [0.25, 0.3) is 0 Å². The van der Waals surface area contributed by atoms with Crippen molar-refractivity contribution in [3.63, 3.8) is 0 Å². The molecule has 0 saturated carbocycles. The Hall–Kier alpha value is -2.20. The van der Waals surface area contributed by atoms with Crippen molar-refractivity contribution in [1.82, 2.24) is 5.32 Å². The van der Waals surface area contributed by atoms with Gasteiger partial charge in [0.15, 0.2) is 0 Å². The zero-order chi connectivity index (χ0) is 15.8. The Bertz CT molecular complexity index is 631. The van der Waals surface area contributed by atoms with E-state index in [4.69, 9.17) is 21.1 Å². The van der Waals surface area contributed by atoms with E-state index in [9.17, 15) is 4.79 Å². The Morgan fingerprint density at radius 2 is 1.82 bits per heavy atom. The molecule has 0 spiro atoms. The van der Waals surface area contributed by atoms with Crippen LogP contribution in [0, 0.1) is 0 Å². The molecule has 0 aromatic heterocycles. The number of nitrogens with one attached hydrogen (secondary N) is 1. The Balaban J connectivity index is 1.77. The average Bonchev–Trinajstić information content (AvgIpc) is 2.52. The molecule has 0 aliphatic rings. The zero-order valence-electron chi connectivity index (χ0n) is 12.3. The lowest BCUT2D eigenvalue weighted by Crippen LogP contribution is -2.28. The summed E-state index contributed by atoms with van der Waals surface area (Å²) in [5, 5.41) is 3.32. The summed E-state index contributed by atoms with van der Waals surface area (Å²) in [5.41, 5.74) is 0.533. The number of ether oxygens (including phenoxy) is 2. The molecule has 0 unspecified atom stereocenters. The summed E-state index contributed by atoms with van der Waals surface area (Å²) in [6, 6.07) is 14.2. The van der Waals surface area contributed by atoms with E-state index in [1.807, 2.05) is 31.2 Å². The van der Waals surface area contributed by atoms with E-state index in [0.29, 0.717) is 36.1 Å². The molecule has 2 aromatic carbocycles. The smallest absolute Gasteiger partial charge is 0.251 e. The molecule has 0 heterocycles. The molecule has 0 aliphatic heterocycles. The standard InChI is InChI=1S/C17H18ClNO3/c1-2-21-15-7-4-8-16(12-15)22-10-9-19-17(20)13-5-3-6-14(18)11-13/h3-8,11-12H,2,9-10H2,1H3,(H,19,20). The van der Waals surface area contributed by atoms with E-state index in [1.165, 1.54) is 0 Å². The van der Waals surface area contributed by atoms with Crippen molar-refractivity contribution < 1.29 is 14.3 Å². The second-order valence-electron chi connectivity index (χ2n) is 4.52. The van der Waals surface area contributed by atoms with Gasteiger partial charge in [0.2, 0.25) is 0 Å². The van der Waals surface area contributed by atoms with Crippen LogP contribution < -0.4 is 14.8 Å². The molecule has 22 heavy (non-hydrogen) atoms. The largest absolute Gasteiger partial charge is 0.494 e. The van der Waals surface area contributed by atoms with Crippen molar-refractivity contribution in [2.45, 2.75) is 6.92 Å². The van der Waals surface area contributed by atoms with E-state index in [1.54, 1.807) is 24.3 Å². The van der Waals surface area contributed by atoms with E-state index in [0.717, 1.165) is 5.75 Å². The first-order valence-corrected chi connectivity index (χ1v) is 7.46. The molecule has 0 bridgehead atoms. The molecule has 2 rings (SSSR count). The van der Waals surface area contributed by atoms with Crippen molar-refractivity contribution in [3.05, 3.63) is 59.1 Å². The normalized spacial score (nSPS) is 10.1. The maximum absolute atomic E-state index is 11.9. The maximum Gasteiger partial charge on any atom is 0.251 e. The van der Waals surface area contributed by atoms with Gasteiger partial charge in [-0.25, -0.2) is 0 Å². The first-order valence-electron chi connectivity index (χ1n) is 7.08. The average molecular weight is 320 g/mol. The molecule has 2 aromatic rings. The van der Waals surface area contributed by atoms with Crippen molar-refractivity contribution >= 4 is 17.5 Å². The fraction of sp³-hybridized carbons (Fsp3) is 0.235. The number of benzene rings is 2. The van der Waals surface area contributed by atoms with Crippen LogP contribution >= 0.6 is 11.6 Å². The van der Waals surface area contributed by atoms with Crippen molar-refractivity contribution in [3.8, 4) is 11.5 Å². The van der Waals surface area contributed by atoms with Gasteiger partial charge in [-0.2, -0.15) is 0 Å². The van der Waals surface area contributed by atoms with Gasteiger partial charge in [-0.3, -0.25) is 4.79 Å². The number of hydrogen-bond donors (Lipinski definition) is 1. The van der Waals surface area contributed by atoms with E-state index < -0.39 is 0 Å². The van der Waals surface area contributed by atoms with Crippen molar-refractivity contribution in [2.75, 3.05) is 19.8 Å². The molecule has 0 fully saturated rings. The summed E-state index contributed by atoms with van der Waals surface area (Å²) in [6.07, 6.45) is 0. The third-order valence-electron chi connectivity index (χ3n) is 2.86. The predicted molar refractivity (Wildman–Crippen MR) is 86.9 cm³/mol. The highest BCUT2D eigenvalue weighted by Crippen LogP contribution is 2.19. The lowest BCUT2D eigenvalue weighted by molar-refractivity contribution is 0.0947. The van der Waals surface area contributed by atoms with Crippen LogP contribution in [0.2, 0.25) is 5.02 Å². The Kier molecular flexibility index (Phi) is 6.10. The van der Waals surface area contributed by atoms with Crippen LogP contribution in [0.3, 0.4) is 0 Å². The van der Waals surface area contributed by atoms with Gasteiger partial charge < -0.3 is 14.8 Å². The van der Waals surface area contributed by atoms with Gasteiger partial charge in [0.25, 0.3) is 5.91 Å². The zero-order valence-corrected chi connectivity index (χ0v) is 13.1. The monoisotopic (exact) mass is 319 g/mol. The van der Waals surface area contributed by atoms with E-state index in [2.05, 4.69) is 5.32 Å². The SMILES string of the molecule is CCOc1cccc(OCCNC(=O)c2cccc(Cl)c2)c1. The molecular weight excluding hydrogens is 302 g/mol. The minimum atomic E-state index is -0.172. The van der Waals surface area contributed by atoms with Crippen LogP contribution in [0.4, 0.5) is 0 Å². The number of hydrogen-bond acceptors (Lipinski definition) is 3. The number of carbonyl (C=O) groups is 1. The number of halogens is 1. The molecule has 4 nitrogen and oxygen atoms in total. The fourth-order valence-corrected chi connectivity index (χ4v) is 2.08. The summed E-state index contributed by atoms with van der Waals surface area (Å²) in [7, 11) is 0. The highest BCUT2D eigenvalue weighted by atomic mass is 35.5. The molecule has 1 N–H and O–H groups in total. The molecule has 0 atom stereocenters. The Morgan fingerprint density at radius 3 is 2.55 bits per heavy atom. The van der Waals surface area contributed by atoms with Crippen LogP contribution in [0.15, 0.2) is 48.5 Å². The van der Waals surface area contributed by atoms with Gasteiger partial charge in [-0.05, 0) is 37.3 Å². The van der Waals surface area contributed by atoms with Gasteiger partial charge in [-0.15, -0.1) is 0 Å². The number of rotatable bonds is 7. The highest BCUT2D eigenvalue weighted by Gasteiger charge is 2.05. The van der Waals surface area contributed by atoms with Crippen LogP contribution in [-0.2, 0) is 0 Å². The fourth-order valence-electron chi connectivity index (χ4n) is 1.89. The Morgan fingerprint density at radius 1 is 1.09 bits per heavy atom. The summed E-state index contributed by atoms with van der Waals surface area (Å²) < 4.78 is 11.0. The van der Waals surface area contributed by atoms with Gasteiger partial charge in [0, 0.05) is 16.7 Å². The Labute approximate surface area is 135 Å². The molecule has 0 radical (unpaired) electrons. The van der Waals surface area contributed by atoms with E-state index in [-0.39, 0.29) is 5.91 Å². The van der Waals surface area contributed by atoms with Crippen LogP contribution in [-0.4, -0.2) is 25.7 Å². The van der Waals surface area contributed by atoms with Crippen LogP contribution in [0.5, 0.6) is 11.5 Å². The molecular formula is C17H18ClNO3. The van der Waals surface area contributed by atoms with Crippen molar-refractivity contribution in [2.24, 2.45) is 0 Å². The predicted octanol–water partition coefficient (Wildman–Crippen LogP) is 3.55. The molecule has 0 saturated heterocycles. The van der Waals surface area contributed by atoms with Gasteiger partial charge in [0.05, 0.1) is 13.2 Å². The minimum Gasteiger partial charge on any atom is -0.494 e. The second kappa shape index (κ2) is 8.29. The van der Waals surface area contributed by atoms with Crippen molar-refractivity contribution in [1.29, 1.82) is 0 Å². The molecule has 0 aliphatic carbocycles. The lowest BCUT2D eigenvalue weighted by Gasteiger charge is -2.09. The molecule has 1 amide bonds. The van der Waals surface area contributed by atoms with Gasteiger partial charge in [-0.1, -0.05) is 23.7 Å². The highest BCUT2D eigenvalue weighted by molar-refractivity contribution is 6.30. The summed E-state index contributed by atoms with van der Waals surface area (Å²) in [6.45, 7) is 3.32. The first-order chi connectivity index (χ1) is 10.7. The summed E-state index contributed by atoms with van der Waals surface area (Å²) in [5.74, 6) is 1.31. The minimum absolute atomic E-state index is 0.172. The van der Waals surface area contributed by atoms with Gasteiger partial charge in [0.1, 0.15) is 18.1 Å².